The van der Waals surface area contributed by atoms with Crippen LogP contribution >= 0.6 is 0 Å². The monoisotopic (exact) mass is 551 g/mol. The second-order valence-corrected chi connectivity index (χ2v) is 11.1. The fourth-order valence-corrected chi connectivity index (χ4v) is 5.42. The summed E-state index contributed by atoms with van der Waals surface area (Å²) in [5.41, 5.74) is 0.997. The number of para-hydroxylation sites is 1. The smallest absolute Gasteiger partial charge is 0.464 e. The summed E-state index contributed by atoms with van der Waals surface area (Å²) in [6.45, 7) is 7.97. The number of hydrogen-bond acceptors (Lipinski definition) is 9. The van der Waals surface area contributed by atoms with E-state index < -0.39 is 24.7 Å². The maximum Gasteiger partial charge on any atom is 0.475 e. The number of likely N-dealkylation sites (tertiary alicyclic amines) is 1. The molecule has 2 amide bonds. The number of furan rings is 1. The Kier molecular flexibility index (Phi) is 9.53. The maximum absolute atomic E-state index is 13.4. The molecule has 4 rings (SSSR count). The number of alkyl carbamates (subject to hydrolysis) is 1. The first-order valence-electron chi connectivity index (χ1n) is 13.7. The summed E-state index contributed by atoms with van der Waals surface area (Å²) >= 11 is 0. The van der Waals surface area contributed by atoms with Crippen molar-refractivity contribution in [3.8, 4) is 6.07 Å². The predicted octanol–water partition coefficient (Wildman–Crippen LogP) is 1.55. The van der Waals surface area contributed by atoms with Gasteiger partial charge in [0.15, 0.2) is 0 Å². The van der Waals surface area contributed by atoms with Crippen molar-refractivity contribution in [1.29, 1.82) is 5.26 Å². The average Bonchev–Trinajstić information content (AvgIpc) is 3.57. The van der Waals surface area contributed by atoms with Crippen molar-refractivity contribution in [2.75, 3.05) is 46.4 Å². The standard InChI is InChI=1S/C28H38BN5O6/c1-28(2,33-13-11-32(3)12-14-33)16-21(17-30)26(35)34-10-6-7-22(34)19-40-27(36)31-25(29(37)38)15-20-18-39-24-9-5-4-8-23(20)24/h4-5,8-9,16,18,22,25,37-38H,6-7,10-15,19H2,1-3H3,(H,31,36)/b21-16+/t22-,25+/m1/s1. The van der Waals surface area contributed by atoms with Gasteiger partial charge in [0.1, 0.15) is 23.8 Å². The minimum absolute atomic E-state index is 0.0684. The van der Waals surface area contributed by atoms with Gasteiger partial charge in [0, 0.05) is 43.6 Å². The number of rotatable bonds is 9. The van der Waals surface area contributed by atoms with E-state index in [0.717, 1.165) is 43.5 Å². The van der Waals surface area contributed by atoms with Gasteiger partial charge in [0.2, 0.25) is 0 Å². The van der Waals surface area contributed by atoms with Crippen LogP contribution in [0.15, 0.2) is 46.6 Å². The van der Waals surface area contributed by atoms with E-state index in [1.54, 1.807) is 17.0 Å². The molecule has 2 aliphatic heterocycles. The van der Waals surface area contributed by atoms with Crippen LogP contribution in [0.1, 0.15) is 32.3 Å². The lowest BCUT2D eigenvalue weighted by molar-refractivity contribution is -0.128. The first-order chi connectivity index (χ1) is 19.1. The summed E-state index contributed by atoms with van der Waals surface area (Å²) < 4.78 is 10.9. The third kappa shape index (κ3) is 7.03. The van der Waals surface area contributed by atoms with Crippen molar-refractivity contribution in [3.63, 3.8) is 0 Å². The molecule has 2 fully saturated rings. The lowest BCUT2D eigenvalue weighted by atomic mass is 9.76. The van der Waals surface area contributed by atoms with E-state index in [9.17, 15) is 24.9 Å². The number of amides is 2. The highest BCUT2D eigenvalue weighted by molar-refractivity contribution is 6.43. The second kappa shape index (κ2) is 12.9. The van der Waals surface area contributed by atoms with Crippen LogP contribution in [0.4, 0.5) is 4.79 Å². The normalized spacial score (nSPS) is 19.9. The molecule has 0 bridgehead atoms. The molecule has 0 saturated carbocycles. The molecule has 2 atom stereocenters. The van der Waals surface area contributed by atoms with E-state index in [-0.39, 0.29) is 30.5 Å². The Bertz CT molecular complexity index is 1260. The molecule has 0 aliphatic carbocycles. The van der Waals surface area contributed by atoms with Crippen molar-refractivity contribution in [1.82, 2.24) is 20.0 Å². The van der Waals surface area contributed by atoms with Crippen LogP contribution in [0.2, 0.25) is 0 Å². The van der Waals surface area contributed by atoms with Gasteiger partial charge in [0.05, 0.1) is 18.2 Å². The molecule has 12 heteroatoms. The molecule has 40 heavy (non-hydrogen) atoms. The van der Waals surface area contributed by atoms with E-state index in [4.69, 9.17) is 9.15 Å². The molecular weight excluding hydrogens is 513 g/mol. The number of fused-ring (bicyclic) bond motifs is 1. The Balaban J connectivity index is 1.35. The molecule has 0 radical (unpaired) electrons. The number of likely N-dealkylation sites (N-methyl/N-ethyl adjacent to an activating group) is 1. The van der Waals surface area contributed by atoms with Crippen LogP contribution in [-0.2, 0) is 16.0 Å². The Morgan fingerprint density at radius 2 is 1.98 bits per heavy atom. The molecule has 3 N–H and O–H groups in total. The Hall–Kier alpha value is -3.37. The van der Waals surface area contributed by atoms with Gasteiger partial charge in [0.25, 0.3) is 5.91 Å². The number of carbonyl (C=O) groups is 2. The number of nitriles is 1. The molecule has 2 aliphatic rings. The number of ether oxygens (including phenoxy) is 1. The summed E-state index contributed by atoms with van der Waals surface area (Å²) in [5.74, 6) is -1.40. The zero-order valence-corrected chi connectivity index (χ0v) is 23.4. The number of piperazine rings is 1. The lowest BCUT2D eigenvalue weighted by Gasteiger charge is -2.42. The first-order valence-corrected chi connectivity index (χ1v) is 13.7. The molecule has 1 aromatic heterocycles. The summed E-state index contributed by atoms with van der Waals surface area (Å²) in [7, 11) is 0.255. The minimum atomic E-state index is -1.82. The summed E-state index contributed by atoms with van der Waals surface area (Å²) in [5, 5.41) is 32.9. The fourth-order valence-electron chi connectivity index (χ4n) is 5.42. The van der Waals surface area contributed by atoms with Crippen molar-refractivity contribution >= 4 is 30.1 Å². The Morgan fingerprint density at radius 3 is 2.67 bits per heavy atom. The van der Waals surface area contributed by atoms with Gasteiger partial charge in [-0.15, -0.1) is 0 Å². The van der Waals surface area contributed by atoms with Gasteiger partial charge in [-0.3, -0.25) is 9.69 Å². The van der Waals surface area contributed by atoms with Gasteiger partial charge in [-0.05, 0) is 57.9 Å². The number of hydrogen-bond donors (Lipinski definition) is 3. The van der Waals surface area contributed by atoms with Gasteiger partial charge in [-0.25, -0.2) is 4.79 Å². The van der Waals surface area contributed by atoms with Gasteiger partial charge >= 0.3 is 13.2 Å². The van der Waals surface area contributed by atoms with Crippen LogP contribution in [-0.4, -0.2) is 108 Å². The molecule has 2 aromatic rings. The predicted molar refractivity (Wildman–Crippen MR) is 150 cm³/mol. The van der Waals surface area contributed by atoms with Gasteiger partial charge in [-0.2, -0.15) is 5.26 Å². The van der Waals surface area contributed by atoms with Crippen LogP contribution in [0.5, 0.6) is 0 Å². The van der Waals surface area contributed by atoms with E-state index in [0.29, 0.717) is 18.5 Å². The molecular formula is C28H38BN5O6. The fraction of sp³-hybridized carbons (Fsp3) is 0.536. The average molecular weight is 551 g/mol. The molecule has 11 nitrogen and oxygen atoms in total. The number of carbonyl (C=O) groups excluding carboxylic acids is 2. The lowest BCUT2D eigenvalue weighted by Crippen LogP contribution is -2.53. The molecule has 0 spiro atoms. The van der Waals surface area contributed by atoms with E-state index >= 15 is 0 Å². The molecule has 2 saturated heterocycles. The third-order valence-corrected chi connectivity index (χ3v) is 7.88. The number of nitrogens with zero attached hydrogens (tertiary/aromatic N) is 4. The highest BCUT2D eigenvalue weighted by atomic mass is 16.5. The van der Waals surface area contributed by atoms with Crippen LogP contribution < -0.4 is 5.32 Å². The second-order valence-electron chi connectivity index (χ2n) is 11.1. The highest BCUT2D eigenvalue weighted by Gasteiger charge is 2.35. The zero-order valence-electron chi connectivity index (χ0n) is 23.4. The van der Waals surface area contributed by atoms with Crippen molar-refractivity contribution < 1.29 is 28.8 Å². The van der Waals surface area contributed by atoms with Gasteiger partial charge in [-0.1, -0.05) is 18.2 Å². The number of benzene rings is 1. The largest absolute Gasteiger partial charge is 0.475 e. The first kappa shape index (κ1) is 29.6. The number of nitrogens with one attached hydrogen (secondary N) is 1. The van der Waals surface area contributed by atoms with E-state index in [1.807, 2.05) is 32.0 Å². The van der Waals surface area contributed by atoms with Crippen molar-refractivity contribution in [3.05, 3.63) is 47.7 Å². The van der Waals surface area contributed by atoms with E-state index in [1.165, 1.54) is 6.26 Å². The van der Waals surface area contributed by atoms with Crippen LogP contribution in [0, 0.1) is 11.3 Å². The van der Waals surface area contributed by atoms with Gasteiger partial charge < -0.3 is 34.3 Å². The van der Waals surface area contributed by atoms with E-state index in [2.05, 4.69) is 28.2 Å². The SMILES string of the molecule is CN1CCN(C(C)(C)/C=C(\C#N)C(=O)N2CCC[C@@H]2COC(=O)N[C@@H](Cc2coc3ccccc23)B(O)O)CC1. The third-order valence-electron chi connectivity index (χ3n) is 7.88. The molecule has 0 unspecified atom stereocenters. The minimum Gasteiger partial charge on any atom is -0.464 e. The molecule has 3 heterocycles. The highest BCUT2D eigenvalue weighted by Crippen LogP contribution is 2.25. The summed E-state index contributed by atoms with van der Waals surface area (Å²) in [6, 6.07) is 9.06. The van der Waals surface area contributed by atoms with Crippen molar-refractivity contribution in [2.45, 2.75) is 50.6 Å². The maximum atomic E-state index is 13.4. The van der Waals surface area contributed by atoms with Crippen LogP contribution in [0.3, 0.4) is 0 Å². The Morgan fingerprint density at radius 1 is 1.25 bits per heavy atom. The summed E-state index contributed by atoms with van der Waals surface area (Å²) in [6.07, 6.45) is 3.94. The van der Waals surface area contributed by atoms with Crippen LogP contribution in [0.25, 0.3) is 11.0 Å². The quantitative estimate of drug-likeness (QED) is 0.240. The van der Waals surface area contributed by atoms with Crippen molar-refractivity contribution in [2.24, 2.45) is 0 Å². The topological polar surface area (TPSA) is 143 Å². The molecule has 214 valence electrons. The molecule has 1 aromatic carbocycles. The zero-order chi connectivity index (χ0) is 28.9. The Labute approximate surface area is 235 Å². The summed E-state index contributed by atoms with van der Waals surface area (Å²) in [4.78, 5) is 32.1.